The van der Waals surface area contributed by atoms with Crippen molar-refractivity contribution >= 4 is 11.6 Å². The van der Waals surface area contributed by atoms with Crippen LogP contribution in [0.4, 0.5) is 11.6 Å². The van der Waals surface area contributed by atoms with Gasteiger partial charge in [-0.25, -0.2) is 9.97 Å². The van der Waals surface area contributed by atoms with Crippen LogP contribution in [0.5, 0.6) is 0 Å². The van der Waals surface area contributed by atoms with E-state index in [4.69, 9.17) is 0 Å². The van der Waals surface area contributed by atoms with E-state index in [-0.39, 0.29) is 0 Å². The molecule has 5 heteroatoms. The minimum atomic E-state index is 0.777. The lowest BCUT2D eigenvalue weighted by Crippen LogP contribution is -2.23. The number of rotatable bonds is 5. The molecule has 106 valence electrons. The molecule has 0 aliphatic rings. The zero-order chi connectivity index (χ0) is 14.5. The fourth-order valence-electron chi connectivity index (χ4n) is 2.16. The molecule has 0 bridgehead atoms. The average Bonchev–Trinajstić information content (AvgIpc) is 2.47. The Hall–Kier alpha value is -2.17. The van der Waals surface area contributed by atoms with Crippen LogP contribution in [0.25, 0.3) is 0 Å². The van der Waals surface area contributed by atoms with Crippen molar-refractivity contribution in [3.05, 3.63) is 41.5 Å². The van der Waals surface area contributed by atoms with Gasteiger partial charge in [-0.15, -0.1) is 0 Å². The Morgan fingerprint density at radius 3 is 2.65 bits per heavy atom. The molecule has 0 radical (unpaired) electrons. The van der Waals surface area contributed by atoms with Crippen LogP contribution in [0.2, 0.25) is 0 Å². The SMILES string of the molecule is CNc1nc(C)nc(N(C)CCc2ccccn2)c1C. The van der Waals surface area contributed by atoms with Gasteiger partial charge < -0.3 is 10.2 Å². The van der Waals surface area contributed by atoms with E-state index < -0.39 is 0 Å². The second-order valence-corrected chi connectivity index (χ2v) is 4.81. The molecule has 0 saturated carbocycles. The first-order valence-electron chi connectivity index (χ1n) is 6.76. The Morgan fingerprint density at radius 2 is 2.00 bits per heavy atom. The third-order valence-corrected chi connectivity index (χ3v) is 3.26. The number of aromatic nitrogens is 3. The van der Waals surface area contributed by atoms with Crippen molar-refractivity contribution in [1.29, 1.82) is 0 Å². The molecule has 20 heavy (non-hydrogen) atoms. The molecule has 0 amide bonds. The Bertz CT molecular complexity index is 568. The van der Waals surface area contributed by atoms with Crippen molar-refractivity contribution in [3.8, 4) is 0 Å². The molecule has 1 N–H and O–H groups in total. The number of anilines is 2. The average molecular weight is 271 g/mol. The van der Waals surface area contributed by atoms with Crippen LogP contribution < -0.4 is 10.2 Å². The van der Waals surface area contributed by atoms with Crippen LogP contribution in [-0.2, 0) is 6.42 Å². The first kappa shape index (κ1) is 14.2. The van der Waals surface area contributed by atoms with E-state index in [0.717, 1.165) is 41.7 Å². The number of hydrogen-bond donors (Lipinski definition) is 1. The fourth-order valence-corrected chi connectivity index (χ4v) is 2.16. The van der Waals surface area contributed by atoms with E-state index in [9.17, 15) is 0 Å². The van der Waals surface area contributed by atoms with Crippen LogP contribution in [0.15, 0.2) is 24.4 Å². The molecule has 2 aromatic rings. The molecule has 5 nitrogen and oxygen atoms in total. The predicted molar refractivity (Wildman–Crippen MR) is 82.3 cm³/mol. The van der Waals surface area contributed by atoms with Gasteiger partial charge in [0.1, 0.15) is 17.5 Å². The highest BCUT2D eigenvalue weighted by Crippen LogP contribution is 2.22. The smallest absolute Gasteiger partial charge is 0.137 e. The molecule has 0 saturated heterocycles. The molecule has 0 unspecified atom stereocenters. The molecule has 2 heterocycles. The first-order valence-corrected chi connectivity index (χ1v) is 6.76. The van der Waals surface area contributed by atoms with Crippen molar-refractivity contribution in [2.24, 2.45) is 0 Å². The summed E-state index contributed by atoms with van der Waals surface area (Å²) in [6.07, 6.45) is 2.73. The predicted octanol–water partition coefficient (Wildman–Crippen LogP) is 2.21. The van der Waals surface area contributed by atoms with E-state index in [2.05, 4.69) is 32.2 Å². The maximum absolute atomic E-state index is 4.55. The lowest BCUT2D eigenvalue weighted by atomic mass is 10.2. The summed E-state index contributed by atoms with van der Waals surface area (Å²) in [7, 11) is 3.93. The Labute approximate surface area is 120 Å². The minimum absolute atomic E-state index is 0.777. The number of likely N-dealkylation sites (N-methyl/N-ethyl adjacent to an activating group) is 1. The van der Waals surface area contributed by atoms with Crippen molar-refractivity contribution in [2.45, 2.75) is 20.3 Å². The van der Waals surface area contributed by atoms with Gasteiger partial charge in [-0.3, -0.25) is 4.98 Å². The summed E-state index contributed by atoms with van der Waals surface area (Å²) in [5, 5.41) is 3.12. The largest absolute Gasteiger partial charge is 0.373 e. The second-order valence-electron chi connectivity index (χ2n) is 4.81. The standard InChI is InChI=1S/C15H21N5/c1-11-14(16-3)18-12(2)19-15(11)20(4)10-8-13-7-5-6-9-17-13/h5-7,9H,8,10H2,1-4H3,(H,16,18,19). The Balaban J connectivity index is 2.13. The molecular formula is C15H21N5. The van der Waals surface area contributed by atoms with Gasteiger partial charge >= 0.3 is 0 Å². The highest BCUT2D eigenvalue weighted by Gasteiger charge is 2.12. The number of nitrogens with zero attached hydrogens (tertiary/aromatic N) is 4. The monoisotopic (exact) mass is 271 g/mol. The van der Waals surface area contributed by atoms with Gasteiger partial charge in [-0.05, 0) is 26.0 Å². The van der Waals surface area contributed by atoms with E-state index in [1.165, 1.54) is 0 Å². The molecule has 0 fully saturated rings. The van der Waals surface area contributed by atoms with Gasteiger partial charge in [0, 0.05) is 44.5 Å². The molecular weight excluding hydrogens is 250 g/mol. The zero-order valence-corrected chi connectivity index (χ0v) is 12.5. The maximum Gasteiger partial charge on any atom is 0.137 e. The summed E-state index contributed by atoms with van der Waals surface area (Å²) in [5.41, 5.74) is 2.17. The zero-order valence-electron chi connectivity index (χ0n) is 12.5. The highest BCUT2D eigenvalue weighted by molar-refractivity contribution is 5.58. The molecule has 0 aliphatic carbocycles. The molecule has 0 atom stereocenters. The Kier molecular flexibility index (Phi) is 4.50. The third-order valence-electron chi connectivity index (χ3n) is 3.26. The van der Waals surface area contributed by atoms with E-state index in [0.29, 0.717) is 0 Å². The van der Waals surface area contributed by atoms with Crippen LogP contribution in [0.3, 0.4) is 0 Å². The topological polar surface area (TPSA) is 53.9 Å². The molecule has 2 aromatic heterocycles. The van der Waals surface area contributed by atoms with E-state index in [1.54, 1.807) is 0 Å². The number of pyridine rings is 1. The summed E-state index contributed by atoms with van der Waals surface area (Å²) in [6.45, 7) is 4.83. The summed E-state index contributed by atoms with van der Waals surface area (Å²) < 4.78 is 0. The third kappa shape index (κ3) is 3.23. The van der Waals surface area contributed by atoms with E-state index >= 15 is 0 Å². The summed E-state index contributed by atoms with van der Waals surface area (Å²) in [6, 6.07) is 6.00. The molecule has 0 spiro atoms. The quantitative estimate of drug-likeness (QED) is 0.903. The highest BCUT2D eigenvalue weighted by atomic mass is 15.2. The lowest BCUT2D eigenvalue weighted by Gasteiger charge is -2.21. The lowest BCUT2D eigenvalue weighted by molar-refractivity contribution is 0.826. The van der Waals surface area contributed by atoms with Crippen molar-refractivity contribution in [2.75, 3.05) is 30.9 Å². The fraction of sp³-hybridized carbons (Fsp3) is 0.400. The van der Waals surface area contributed by atoms with Crippen LogP contribution in [0.1, 0.15) is 17.1 Å². The summed E-state index contributed by atoms with van der Waals surface area (Å²) in [5.74, 6) is 2.63. The van der Waals surface area contributed by atoms with Gasteiger partial charge in [0.25, 0.3) is 0 Å². The Morgan fingerprint density at radius 1 is 1.20 bits per heavy atom. The maximum atomic E-state index is 4.55. The van der Waals surface area contributed by atoms with Crippen LogP contribution in [-0.4, -0.2) is 35.6 Å². The molecule has 2 rings (SSSR count). The van der Waals surface area contributed by atoms with Gasteiger partial charge in [0.2, 0.25) is 0 Å². The van der Waals surface area contributed by atoms with Crippen molar-refractivity contribution in [1.82, 2.24) is 15.0 Å². The van der Waals surface area contributed by atoms with Crippen molar-refractivity contribution in [3.63, 3.8) is 0 Å². The first-order chi connectivity index (χ1) is 9.61. The number of aryl methyl sites for hydroxylation is 1. The molecule has 0 aliphatic heterocycles. The van der Waals surface area contributed by atoms with Crippen LogP contribution in [0, 0.1) is 13.8 Å². The number of nitrogens with one attached hydrogen (secondary N) is 1. The minimum Gasteiger partial charge on any atom is -0.373 e. The summed E-state index contributed by atoms with van der Waals surface area (Å²) >= 11 is 0. The number of hydrogen-bond acceptors (Lipinski definition) is 5. The van der Waals surface area contributed by atoms with E-state index in [1.807, 2.05) is 45.3 Å². The van der Waals surface area contributed by atoms with Gasteiger partial charge in [0.05, 0.1) is 0 Å². The van der Waals surface area contributed by atoms with Crippen LogP contribution >= 0.6 is 0 Å². The van der Waals surface area contributed by atoms with Gasteiger partial charge in [-0.2, -0.15) is 0 Å². The summed E-state index contributed by atoms with van der Waals surface area (Å²) in [4.78, 5) is 15.4. The molecule has 0 aromatic carbocycles. The van der Waals surface area contributed by atoms with Gasteiger partial charge in [-0.1, -0.05) is 6.07 Å². The normalized spacial score (nSPS) is 10.4. The second kappa shape index (κ2) is 6.32. The van der Waals surface area contributed by atoms with Crippen molar-refractivity contribution < 1.29 is 0 Å². The van der Waals surface area contributed by atoms with Gasteiger partial charge in [0.15, 0.2) is 0 Å².